The number of Topliss-reactive ketones (excluding diaryl/α,β-unsaturated/α-hetero) is 1. The van der Waals surface area contributed by atoms with Crippen molar-refractivity contribution in [1.82, 2.24) is 0 Å². The second-order valence-corrected chi connectivity index (χ2v) is 3.72. The quantitative estimate of drug-likeness (QED) is 0.420. The van der Waals surface area contributed by atoms with E-state index in [-0.39, 0.29) is 17.3 Å². The molecular formula is C16H18O4. The van der Waals surface area contributed by atoms with Crippen molar-refractivity contribution in [3.8, 4) is 0 Å². The standard InChI is InChI=1S/C16H18O4/c1-5-14(13(3)18)7-6-8-15(19)9-10-16(20-4)11-12(2)17/h5-11,17H,1-2H2,3-4H3/b8-6+,10-9+,14-7+,16-11+. The Labute approximate surface area is 118 Å². The molecule has 20 heavy (non-hydrogen) atoms. The Balaban J connectivity index is 4.76. The second-order valence-electron chi connectivity index (χ2n) is 3.72. The van der Waals surface area contributed by atoms with E-state index in [0.717, 1.165) is 0 Å². The number of hydrogen-bond donors (Lipinski definition) is 1. The highest BCUT2D eigenvalue weighted by molar-refractivity contribution is 6.00. The zero-order chi connectivity index (χ0) is 15.5. The van der Waals surface area contributed by atoms with Gasteiger partial charge in [0.05, 0.1) is 7.11 Å². The summed E-state index contributed by atoms with van der Waals surface area (Å²) in [7, 11) is 1.41. The highest BCUT2D eigenvalue weighted by Crippen LogP contribution is 2.02. The van der Waals surface area contributed by atoms with E-state index in [1.165, 1.54) is 56.6 Å². The summed E-state index contributed by atoms with van der Waals surface area (Å²) in [6, 6.07) is 0. The molecule has 0 amide bonds. The van der Waals surface area contributed by atoms with Gasteiger partial charge in [-0.2, -0.15) is 0 Å². The molecule has 0 radical (unpaired) electrons. The van der Waals surface area contributed by atoms with Crippen LogP contribution in [0.5, 0.6) is 0 Å². The molecule has 4 heteroatoms. The van der Waals surface area contributed by atoms with Crippen LogP contribution in [-0.4, -0.2) is 23.8 Å². The number of rotatable bonds is 8. The third-order valence-electron chi connectivity index (χ3n) is 2.12. The summed E-state index contributed by atoms with van der Waals surface area (Å²) in [5.41, 5.74) is 0.423. The first kappa shape index (κ1) is 17.4. The molecule has 0 aliphatic carbocycles. The monoisotopic (exact) mass is 274 g/mol. The fourth-order valence-corrected chi connectivity index (χ4v) is 1.13. The lowest BCUT2D eigenvalue weighted by molar-refractivity contribution is -0.113. The van der Waals surface area contributed by atoms with Crippen LogP contribution >= 0.6 is 0 Å². The van der Waals surface area contributed by atoms with Gasteiger partial charge in [0.25, 0.3) is 0 Å². The second kappa shape index (κ2) is 9.33. The Morgan fingerprint density at radius 1 is 1.20 bits per heavy atom. The van der Waals surface area contributed by atoms with Gasteiger partial charge in [0.1, 0.15) is 11.5 Å². The topological polar surface area (TPSA) is 63.6 Å². The normalized spacial score (nSPS) is 12.7. The Kier molecular flexibility index (Phi) is 8.11. The van der Waals surface area contributed by atoms with Gasteiger partial charge in [-0.25, -0.2) is 0 Å². The highest BCUT2D eigenvalue weighted by atomic mass is 16.5. The predicted molar refractivity (Wildman–Crippen MR) is 79.1 cm³/mol. The average molecular weight is 274 g/mol. The molecule has 0 spiro atoms. The highest BCUT2D eigenvalue weighted by Gasteiger charge is 1.96. The van der Waals surface area contributed by atoms with E-state index >= 15 is 0 Å². The molecule has 0 unspecified atom stereocenters. The molecular weight excluding hydrogens is 256 g/mol. The average Bonchev–Trinajstić information content (AvgIpc) is 2.38. The molecule has 0 aliphatic heterocycles. The molecule has 0 saturated carbocycles. The van der Waals surface area contributed by atoms with E-state index in [9.17, 15) is 9.59 Å². The maximum absolute atomic E-state index is 11.5. The Morgan fingerprint density at radius 3 is 2.30 bits per heavy atom. The molecule has 0 aromatic rings. The van der Waals surface area contributed by atoms with E-state index in [0.29, 0.717) is 11.3 Å². The van der Waals surface area contributed by atoms with Gasteiger partial charge in [-0.3, -0.25) is 9.59 Å². The third-order valence-corrected chi connectivity index (χ3v) is 2.12. The molecule has 0 aromatic heterocycles. The fourth-order valence-electron chi connectivity index (χ4n) is 1.13. The number of carbonyl (C=O) groups excluding carboxylic acids is 2. The van der Waals surface area contributed by atoms with Crippen molar-refractivity contribution in [3.63, 3.8) is 0 Å². The molecule has 0 fully saturated rings. The van der Waals surface area contributed by atoms with Gasteiger partial charge in [-0.05, 0) is 25.2 Å². The van der Waals surface area contributed by atoms with E-state index in [1.807, 2.05) is 0 Å². The summed E-state index contributed by atoms with van der Waals surface area (Å²) >= 11 is 0. The summed E-state index contributed by atoms with van der Waals surface area (Å²) in [4.78, 5) is 22.6. The first-order chi connectivity index (χ1) is 9.40. The number of methoxy groups -OCH3 is 1. The molecule has 0 aliphatic rings. The number of ether oxygens (including phenoxy) is 1. The van der Waals surface area contributed by atoms with Crippen molar-refractivity contribution in [2.24, 2.45) is 0 Å². The molecule has 4 nitrogen and oxygen atoms in total. The third kappa shape index (κ3) is 7.66. The Bertz CT molecular complexity index is 517. The van der Waals surface area contributed by atoms with Crippen molar-refractivity contribution in [2.75, 3.05) is 7.11 Å². The number of aliphatic hydroxyl groups excluding tert-OH is 1. The van der Waals surface area contributed by atoms with Crippen molar-refractivity contribution >= 4 is 11.6 Å². The van der Waals surface area contributed by atoms with Gasteiger partial charge in [-0.1, -0.05) is 31.4 Å². The first-order valence-corrected chi connectivity index (χ1v) is 5.78. The van der Waals surface area contributed by atoms with Crippen LogP contribution in [0.15, 0.2) is 72.8 Å². The zero-order valence-electron chi connectivity index (χ0n) is 11.6. The van der Waals surface area contributed by atoms with Crippen molar-refractivity contribution in [3.05, 3.63) is 72.8 Å². The van der Waals surface area contributed by atoms with E-state index < -0.39 is 0 Å². The van der Waals surface area contributed by atoms with Gasteiger partial charge < -0.3 is 9.84 Å². The summed E-state index contributed by atoms with van der Waals surface area (Å²) in [6.07, 6.45) is 9.63. The minimum atomic E-state index is -0.292. The zero-order valence-corrected chi connectivity index (χ0v) is 11.6. The van der Waals surface area contributed by atoms with Gasteiger partial charge in [0.15, 0.2) is 11.6 Å². The van der Waals surface area contributed by atoms with E-state index in [2.05, 4.69) is 13.2 Å². The Hall–Kier alpha value is -2.62. The lowest BCUT2D eigenvalue weighted by Gasteiger charge is -1.98. The number of hydrogen-bond acceptors (Lipinski definition) is 4. The Morgan fingerprint density at radius 2 is 1.85 bits per heavy atom. The lowest BCUT2D eigenvalue weighted by Crippen LogP contribution is -1.92. The summed E-state index contributed by atoms with van der Waals surface area (Å²) in [5, 5.41) is 8.97. The smallest absolute Gasteiger partial charge is 0.178 e. The maximum Gasteiger partial charge on any atom is 0.178 e. The maximum atomic E-state index is 11.5. The van der Waals surface area contributed by atoms with Crippen molar-refractivity contribution in [1.29, 1.82) is 0 Å². The molecule has 0 aromatic carbocycles. The van der Waals surface area contributed by atoms with Gasteiger partial charge >= 0.3 is 0 Å². The molecule has 0 heterocycles. The van der Waals surface area contributed by atoms with Crippen LogP contribution in [0.25, 0.3) is 0 Å². The fraction of sp³-hybridized carbons (Fsp3) is 0.125. The van der Waals surface area contributed by atoms with E-state index in [1.54, 1.807) is 0 Å². The van der Waals surface area contributed by atoms with Crippen LogP contribution in [0.3, 0.4) is 0 Å². The molecule has 1 N–H and O–H groups in total. The molecule has 0 saturated heterocycles. The largest absolute Gasteiger partial charge is 0.508 e. The number of carbonyl (C=O) groups is 2. The molecule has 0 bridgehead atoms. The van der Waals surface area contributed by atoms with Gasteiger partial charge in [0.2, 0.25) is 0 Å². The van der Waals surface area contributed by atoms with Gasteiger partial charge in [-0.15, -0.1) is 0 Å². The van der Waals surface area contributed by atoms with E-state index in [4.69, 9.17) is 9.84 Å². The lowest BCUT2D eigenvalue weighted by atomic mass is 10.1. The molecule has 0 atom stereocenters. The predicted octanol–water partition coefficient (Wildman–Crippen LogP) is 2.97. The van der Waals surface area contributed by atoms with Crippen molar-refractivity contribution in [2.45, 2.75) is 6.92 Å². The number of allylic oxidation sites excluding steroid dienone is 8. The summed E-state index contributed by atoms with van der Waals surface area (Å²) in [6.45, 7) is 8.20. The van der Waals surface area contributed by atoms with Gasteiger partial charge in [0, 0.05) is 11.6 Å². The van der Waals surface area contributed by atoms with Crippen LogP contribution in [0.1, 0.15) is 6.92 Å². The minimum Gasteiger partial charge on any atom is -0.508 e. The number of ketones is 2. The minimum absolute atomic E-state index is 0.126. The van der Waals surface area contributed by atoms with Crippen molar-refractivity contribution < 1.29 is 19.4 Å². The first-order valence-electron chi connectivity index (χ1n) is 5.78. The SMILES string of the molecule is C=C/C(=C\C=C\C(=O)/C=C/C(=C\C(=C)O)OC)C(C)=O. The van der Waals surface area contributed by atoms with Crippen LogP contribution in [0, 0.1) is 0 Å². The molecule has 106 valence electrons. The van der Waals surface area contributed by atoms with Crippen LogP contribution in [0.2, 0.25) is 0 Å². The summed E-state index contributed by atoms with van der Waals surface area (Å²) < 4.78 is 4.91. The molecule has 0 rings (SSSR count). The van der Waals surface area contributed by atoms with Crippen LogP contribution < -0.4 is 0 Å². The van der Waals surface area contributed by atoms with Crippen LogP contribution in [0.4, 0.5) is 0 Å². The number of aliphatic hydroxyl groups is 1. The van der Waals surface area contributed by atoms with Crippen LogP contribution in [-0.2, 0) is 14.3 Å². The summed E-state index contributed by atoms with van der Waals surface area (Å²) in [5.74, 6) is -0.293.